The largest absolute Gasteiger partial charge is 0.399 e. The molecule has 1 unspecified atom stereocenters. The number of anilines is 1. The summed E-state index contributed by atoms with van der Waals surface area (Å²) in [6, 6.07) is 3.69. The molecule has 2 N–H and O–H groups in total. The van der Waals surface area contributed by atoms with Gasteiger partial charge in [-0.15, -0.1) is 5.10 Å². The maximum absolute atomic E-state index is 12.4. The van der Waals surface area contributed by atoms with Crippen molar-refractivity contribution < 1.29 is 13.2 Å². The Labute approximate surface area is 117 Å². The third-order valence-corrected chi connectivity index (χ3v) is 2.83. The zero-order valence-electron chi connectivity index (χ0n) is 10.4. The van der Waals surface area contributed by atoms with Crippen molar-refractivity contribution in [2.24, 2.45) is 0 Å². The Morgan fingerprint density at radius 1 is 1.35 bits per heavy atom. The SMILES string of the molecule is CC(CC(F)(F)F)n1nnnc1-c1cc(N)cc(Cl)c1. The monoisotopic (exact) mass is 305 g/mol. The lowest BCUT2D eigenvalue weighted by Gasteiger charge is -2.15. The third kappa shape index (κ3) is 3.38. The van der Waals surface area contributed by atoms with Crippen LogP contribution >= 0.6 is 11.6 Å². The van der Waals surface area contributed by atoms with Crippen LogP contribution in [0, 0.1) is 0 Å². The van der Waals surface area contributed by atoms with Crippen molar-refractivity contribution in [3.63, 3.8) is 0 Å². The van der Waals surface area contributed by atoms with Crippen LogP contribution in [0.3, 0.4) is 0 Å². The number of alkyl halides is 3. The minimum absolute atomic E-state index is 0.191. The van der Waals surface area contributed by atoms with E-state index in [-0.39, 0.29) is 5.82 Å². The van der Waals surface area contributed by atoms with Crippen LogP contribution in [0.4, 0.5) is 18.9 Å². The van der Waals surface area contributed by atoms with Crippen LogP contribution in [0.25, 0.3) is 11.4 Å². The number of rotatable bonds is 3. The second-order valence-corrected chi connectivity index (χ2v) is 4.83. The smallest absolute Gasteiger partial charge is 0.391 e. The fourth-order valence-corrected chi connectivity index (χ4v) is 2.09. The standard InChI is InChI=1S/C11H11ClF3N5/c1-6(5-11(13,14)15)20-10(17-18-19-20)7-2-8(12)4-9(16)3-7/h2-4,6H,5,16H2,1H3. The van der Waals surface area contributed by atoms with Gasteiger partial charge in [0.1, 0.15) is 0 Å². The summed E-state index contributed by atoms with van der Waals surface area (Å²) in [6.07, 6.45) is -5.32. The van der Waals surface area contributed by atoms with Crippen molar-refractivity contribution in [1.82, 2.24) is 20.2 Å². The number of nitrogens with two attached hydrogens (primary N) is 1. The molecule has 0 aliphatic carbocycles. The molecule has 2 aromatic rings. The van der Waals surface area contributed by atoms with E-state index in [0.29, 0.717) is 16.3 Å². The van der Waals surface area contributed by atoms with Gasteiger partial charge in [0, 0.05) is 16.3 Å². The number of hydrogen-bond acceptors (Lipinski definition) is 4. The molecule has 0 saturated heterocycles. The summed E-state index contributed by atoms with van der Waals surface area (Å²) in [4.78, 5) is 0. The van der Waals surface area contributed by atoms with Crippen LogP contribution in [0.2, 0.25) is 5.02 Å². The molecule has 0 bridgehead atoms. The molecular weight excluding hydrogens is 295 g/mol. The molecule has 0 saturated carbocycles. The highest BCUT2D eigenvalue weighted by Crippen LogP contribution is 2.30. The maximum atomic E-state index is 12.4. The second-order valence-electron chi connectivity index (χ2n) is 4.39. The van der Waals surface area contributed by atoms with Crippen molar-refractivity contribution in [3.05, 3.63) is 23.2 Å². The van der Waals surface area contributed by atoms with E-state index in [1.165, 1.54) is 13.0 Å². The lowest BCUT2D eigenvalue weighted by atomic mass is 10.1. The highest BCUT2D eigenvalue weighted by Gasteiger charge is 2.32. The molecule has 5 nitrogen and oxygen atoms in total. The number of halogens is 4. The van der Waals surface area contributed by atoms with Crippen LogP contribution in [-0.2, 0) is 0 Å². The summed E-state index contributed by atoms with van der Waals surface area (Å²) in [5.74, 6) is 0.191. The van der Waals surface area contributed by atoms with Gasteiger partial charge in [-0.3, -0.25) is 0 Å². The average molecular weight is 306 g/mol. The van der Waals surface area contributed by atoms with E-state index in [9.17, 15) is 13.2 Å². The van der Waals surface area contributed by atoms with E-state index in [1.54, 1.807) is 12.1 Å². The molecule has 20 heavy (non-hydrogen) atoms. The number of nitrogens with zero attached hydrogens (tertiary/aromatic N) is 4. The lowest BCUT2D eigenvalue weighted by Crippen LogP contribution is -2.18. The lowest BCUT2D eigenvalue weighted by molar-refractivity contribution is -0.142. The van der Waals surface area contributed by atoms with E-state index >= 15 is 0 Å². The third-order valence-electron chi connectivity index (χ3n) is 2.62. The molecule has 1 atom stereocenters. The molecule has 0 fully saturated rings. The highest BCUT2D eigenvalue weighted by atomic mass is 35.5. The molecule has 1 aromatic heterocycles. The Balaban J connectivity index is 2.37. The summed E-state index contributed by atoms with van der Waals surface area (Å²) >= 11 is 5.87. The van der Waals surface area contributed by atoms with Crippen molar-refractivity contribution in [2.45, 2.75) is 25.6 Å². The van der Waals surface area contributed by atoms with Gasteiger partial charge in [-0.25, -0.2) is 4.68 Å². The summed E-state index contributed by atoms with van der Waals surface area (Å²) in [5.41, 5.74) is 6.50. The highest BCUT2D eigenvalue weighted by molar-refractivity contribution is 6.31. The minimum atomic E-state index is -4.30. The second kappa shape index (κ2) is 5.28. The zero-order valence-corrected chi connectivity index (χ0v) is 11.2. The van der Waals surface area contributed by atoms with Gasteiger partial charge in [0.05, 0.1) is 12.5 Å². The molecule has 0 amide bonds. The first-order chi connectivity index (χ1) is 9.26. The predicted octanol–water partition coefficient (Wildman–Crippen LogP) is 3.09. The first-order valence-electron chi connectivity index (χ1n) is 5.67. The van der Waals surface area contributed by atoms with Crippen LogP contribution in [-0.4, -0.2) is 26.4 Å². The summed E-state index contributed by atoms with van der Waals surface area (Å²) in [5, 5.41) is 11.1. The molecule has 1 heterocycles. The molecule has 9 heteroatoms. The van der Waals surface area contributed by atoms with E-state index < -0.39 is 18.6 Å². The number of hydrogen-bond donors (Lipinski definition) is 1. The normalized spacial score (nSPS) is 13.4. The topological polar surface area (TPSA) is 69.6 Å². The number of benzene rings is 1. The van der Waals surface area contributed by atoms with Crippen molar-refractivity contribution in [3.8, 4) is 11.4 Å². The van der Waals surface area contributed by atoms with E-state index in [1.807, 2.05) is 0 Å². The summed E-state index contributed by atoms with van der Waals surface area (Å²) in [7, 11) is 0. The van der Waals surface area contributed by atoms with E-state index in [4.69, 9.17) is 17.3 Å². The van der Waals surface area contributed by atoms with Gasteiger partial charge in [0.2, 0.25) is 0 Å². The maximum Gasteiger partial charge on any atom is 0.391 e. The van der Waals surface area contributed by atoms with Crippen LogP contribution in [0.1, 0.15) is 19.4 Å². The quantitative estimate of drug-likeness (QED) is 0.885. The fraction of sp³-hybridized carbons (Fsp3) is 0.364. The van der Waals surface area contributed by atoms with Crippen LogP contribution in [0.5, 0.6) is 0 Å². The average Bonchev–Trinajstić information content (AvgIpc) is 2.73. The zero-order chi connectivity index (χ0) is 14.9. The Hall–Kier alpha value is -1.83. The number of nitrogen functional groups attached to an aromatic ring is 1. The van der Waals surface area contributed by atoms with E-state index in [2.05, 4.69) is 15.5 Å². The van der Waals surface area contributed by atoms with Crippen molar-refractivity contribution in [1.29, 1.82) is 0 Å². The molecule has 0 aliphatic rings. The Morgan fingerprint density at radius 3 is 2.65 bits per heavy atom. The van der Waals surface area contributed by atoms with Gasteiger partial charge >= 0.3 is 6.18 Å². The Bertz CT molecular complexity index is 590. The molecule has 0 aliphatic heterocycles. The van der Waals surface area contributed by atoms with E-state index in [0.717, 1.165) is 4.68 Å². The molecule has 108 valence electrons. The summed E-state index contributed by atoms with van der Waals surface area (Å²) in [6.45, 7) is 1.39. The van der Waals surface area contributed by atoms with Gasteiger partial charge < -0.3 is 5.73 Å². The van der Waals surface area contributed by atoms with Crippen LogP contribution in [0.15, 0.2) is 18.2 Å². The van der Waals surface area contributed by atoms with Gasteiger partial charge in [0.15, 0.2) is 5.82 Å². The minimum Gasteiger partial charge on any atom is -0.399 e. The van der Waals surface area contributed by atoms with Crippen LogP contribution < -0.4 is 5.73 Å². The van der Waals surface area contributed by atoms with Gasteiger partial charge in [0.25, 0.3) is 0 Å². The summed E-state index contributed by atoms with van der Waals surface area (Å²) < 4.78 is 38.4. The van der Waals surface area contributed by atoms with Gasteiger partial charge in [-0.05, 0) is 35.5 Å². The van der Waals surface area contributed by atoms with Gasteiger partial charge in [-0.2, -0.15) is 13.2 Å². The van der Waals surface area contributed by atoms with Crippen molar-refractivity contribution >= 4 is 17.3 Å². The molecule has 2 rings (SSSR count). The number of aromatic nitrogens is 4. The fourth-order valence-electron chi connectivity index (χ4n) is 1.84. The van der Waals surface area contributed by atoms with Crippen molar-refractivity contribution in [2.75, 3.05) is 5.73 Å². The molecule has 0 radical (unpaired) electrons. The molecular formula is C11H11ClF3N5. The Kier molecular flexibility index (Phi) is 3.85. The molecule has 1 aromatic carbocycles. The first kappa shape index (κ1) is 14.6. The van der Waals surface area contributed by atoms with Gasteiger partial charge in [-0.1, -0.05) is 11.6 Å². The first-order valence-corrected chi connectivity index (χ1v) is 6.05. The number of tetrazole rings is 1. The molecule has 0 spiro atoms. The Morgan fingerprint density at radius 2 is 2.05 bits per heavy atom. The predicted molar refractivity (Wildman–Crippen MR) is 68.1 cm³/mol.